The molecule has 2 heterocycles. The maximum atomic E-state index is 12.9. The van der Waals surface area contributed by atoms with Crippen molar-refractivity contribution in [2.24, 2.45) is 0 Å². The Morgan fingerprint density at radius 1 is 1.23 bits per heavy atom. The second kappa shape index (κ2) is 8.94. The molecule has 0 unspecified atom stereocenters. The van der Waals surface area contributed by atoms with Gasteiger partial charge in [-0.15, -0.1) is 5.10 Å². The van der Waals surface area contributed by atoms with Crippen LogP contribution in [0.1, 0.15) is 23.4 Å². The number of aryl methyl sites for hydroxylation is 1. The second-order valence-corrected chi connectivity index (χ2v) is 7.84. The first-order chi connectivity index (χ1) is 14.1. The number of aromatic nitrogens is 5. The molecule has 3 rings (SSSR count). The highest BCUT2D eigenvalue weighted by Gasteiger charge is 2.37. The highest BCUT2D eigenvalue weighted by molar-refractivity contribution is 9.10. The number of carbonyl (C=O) groups excluding carboxylic acids is 1. The molecule has 0 saturated carbocycles. The SMILES string of the molecule is Cc1c(Br)c(C(F)(F)F)nn1CCC(=O)Nc1ncn(Cc2c(Cl)cccc2Cl)n1. The second-order valence-electron chi connectivity index (χ2n) is 6.23. The van der Waals surface area contributed by atoms with Crippen LogP contribution in [0.25, 0.3) is 0 Å². The molecular weight excluding hydrogens is 512 g/mol. The topological polar surface area (TPSA) is 77.6 Å². The van der Waals surface area contributed by atoms with E-state index in [-0.39, 0.29) is 35.6 Å². The Labute approximate surface area is 187 Å². The summed E-state index contributed by atoms with van der Waals surface area (Å²) in [6.07, 6.45) is -3.30. The van der Waals surface area contributed by atoms with Gasteiger partial charge in [-0.25, -0.2) is 9.67 Å². The Morgan fingerprint density at radius 3 is 2.50 bits per heavy atom. The van der Waals surface area contributed by atoms with Gasteiger partial charge < -0.3 is 0 Å². The Morgan fingerprint density at radius 2 is 1.90 bits per heavy atom. The molecule has 0 radical (unpaired) electrons. The standard InChI is InChI=1S/C17H14BrCl2F3N6O/c1-9-14(18)15(17(21,22)23)26-29(9)6-5-13(30)25-16-24-8-28(27-16)7-10-11(19)3-2-4-12(10)20/h2-4,8H,5-7H2,1H3,(H,25,27,30). The zero-order valence-electron chi connectivity index (χ0n) is 15.3. The number of alkyl halides is 3. The van der Waals surface area contributed by atoms with E-state index in [4.69, 9.17) is 23.2 Å². The third-order valence-electron chi connectivity index (χ3n) is 4.12. The number of nitrogens with one attached hydrogen (secondary N) is 1. The van der Waals surface area contributed by atoms with Gasteiger partial charge in [0.05, 0.1) is 23.3 Å². The maximum absolute atomic E-state index is 12.9. The first-order valence-electron chi connectivity index (χ1n) is 8.48. The molecule has 0 atom stereocenters. The lowest BCUT2D eigenvalue weighted by Gasteiger charge is -2.06. The van der Waals surface area contributed by atoms with Crippen LogP contribution in [0, 0.1) is 6.92 Å². The molecule has 7 nitrogen and oxygen atoms in total. The first kappa shape index (κ1) is 22.6. The zero-order chi connectivity index (χ0) is 22.1. The average molecular weight is 526 g/mol. The molecule has 0 spiro atoms. The van der Waals surface area contributed by atoms with Gasteiger partial charge in [-0.3, -0.25) is 14.8 Å². The number of carbonyl (C=O) groups is 1. The lowest BCUT2D eigenvalue weighted by atomic mass is 10.2. The van der Waals surface area contributed by atoms with E-state index < -0.39 is 17.8 Å². The smallest absolute Gasteiger partial charge is 0.293 e. The van der Waals surface area contributed by atoms with Gasteiger partial charge in [0.25, 0.3) is 0 Å². The summed E-state index contributed by atoms with van der Waals surface area (Å²) in [5.41, 5.74) is -0.1000. The number of anilines is 1. The van der Waals surface area contributed by atoms with E-state index in [1.165, 1.54) is 17.9 Å². The minimum Gasteiger partial charge on any atom is -0.293 e. The van der Waals surface area contributed by atoms with Crippen molar-refractivity contribution < 1.29 is 18.0 Å². The summed E-state index contributed by atoms with van der Waals surface area (Å²) in [5, 5.41) is 11.1. The summed E-state index contributed by atoms with van der Waals surface area (Å²) in [4.78, 5) is 16.1. The Balaban J connectivity index is 1.60. The predicted octanol–water partition coefficient (Wildman–Crippen LogP) is 4.95. The number of hydrogen-bond donors (Lipinski definition) is 1. The summed E-state index contributed by atoms with van der Waals surface area (Å²) in [7, 11) is 0. The zero-order valence-corrected chi connectivity index (χ0v) is 18.4. The van der Waals surface area contributed by atoms with E-state index in [0.29, 0.717) is 15.6 Å². The van der Waals surface area contributed by atoms with Crippen LogP contribution in [0.15, 0.2) is 29.0 Å². The van der Waals surface area contributed by atoms with Crippen LogP contribution in [0.5, 0.6) is 0 Å². The molecule has 0 aliphatic carbocycles. The first-order valence-corrected chi connectivity index (χ1v) is 10.0. The molecule has 2 aromatic heterocycles. The molecule has 30 heavy (non-hydrogen) atoms. The van der Waals surface area contributed by atoms with Crippen molar-refractivity contribution in [1.29, 1.82) is 0 Å². The number of nitrogens with zero attached hydrogens (tertiary/aromatic N) is 5. The molecule has 0 bridgehead atoms. The monoisotopic (exact) mass is 524 g/mol. The molecule has 13 heteroatoms. The van der Waals surface area contributed by atoms with Gasteiger partial charge >= 0.3 is 6.18 Å². The van der Waals surface area contributed by atoms with E-state index in [2.05, 4.69) is 36.4 Å². The fraction of sp³-hybridized carbons (Fsp3) is 0.294. The molecule has 160 valence electrons. The van der Waals surface area contributed by atoms with Gasteiger partial charge in [0, 0.05) is 22.0 Å². The lowest BCUT2D eigenvalue weighted by molar-refractivity contribution is -0.142. The number of hydrogen-bond acceptors (Lipinski definition) is 4. The van der Waals surface area contributed by atoms with Gasteiger partial charge in [0.1, 0.15) is 6.33 Å². The quantitative estimate of drug-likeness (QED) is 0.494. The molecule has 0 saturated heterocycles. The van der Waals surface area contributed by atoms with Gasteiger partial charge in [0.15, 0.2) is 5.69 Å². The average Bonchev–Trinajstić information content (AvgIpc) is 3.21. The molecule has 0 fully saturated rings. The van der Waals surface area contributed by atoms with Crippen LogP contribution < -0.4 is 5.32 Å². The maximum Gasteiger partial charge on any atom is 0.436 e. The fourth-order valence-electron chi connectivity index (χ4n) is 2.59. The number of amides is 1. The van der Waals surface area contributed by atoms with Crippen LogP contribution in [-0.4, -0.2) is 30.5 Å². The molecule has 1 amide bonds. The Hall–Kier alpha value is -2.11. The van der Waals surface area contributed by atoms with E-state index in [1.54, 1.807) is 18.2 Å². The van der Waals surface area contributed by atoms with Crippen LogP contribution in [0.4, 0.5) is 19.1 Å². The molecule has 0 aliphatic rings. The van der Waals surface area contributed by atoms with Crippen molar-refractivity contribution in [2.45, 2.75) is 32.6 Å². The predicted molar refractivity (Wildman–Crippen MR) is 108 cm³/mol. The lowest BCUT2D eigenvalue weighted by Crippen LogP contribution is -2.17. The number of halogens is 6. The summed E-state index contributed by atoms with van der Waals surface area (Å²) >= 11 is 15.1. The molecule has 3 aromatic rings. The largest absolute Gasteiger partial charge is 0.436 e. The summed E-state index contributed by atoms with van der Waals surface area (Å²) in [6, 6.07) is 5.11. The third kappa shape index (κ3) is 5.13. The summed E-state index contributed by atoms with van der Waals surface area (Å²) < 4.78 is 41.2. The highest BCUT2D eigenvalue weighted by atomic mass is 79.9. The van der Waals surface area contributed by atoms with Gasteiger partial charge in [-0.05, 0) is 35.0 Å². The van der Waals surface area contributed by atoms with Gasteiger partial charge in [0.2, 0.25) is 11.9 Å². The van der Waals surface area contributed by atoms with Gasteiger partial charge in [-0.1, -0.05) is 29.3 Å². The van der Waals surface area contributed by atoms with Crippen LogP contribution >= 0.6 is 39.1 Å². The van der Waals surface area contributed by atoms with Crippen molar-refractivity contribution >= 4 is 51.0 Å². The molecule has 1 N–H and O–H groups in total. The van der Waals surface area contributed by atoms with Crippen molar-refractivity contribution in [3.63, 3.8) is 0 Å². The number of benzene rings is 1. The minimum atomic E-state index is -4.58. The normalized spacial score (nSPS) is 11.7. The van der Waals surface area contributed by atoms with Gasteiger partial charge in [-0.2, -0.15) is 18.3 Å². The van der Waals surface area contributed by atoms with Crippen molar-refractivity contribution in [3.8, 4) is 0 Å². The third-order valence-corrected chi connectivity index (χ3v) is 5.78. The van der Waals surface area contributed by atoms with E-state index in [9.17, 15) is 18.0 Å². The Bertz CT molecular complexity index is 1060. The molecule has 1 aromatic carbocycles. The minimum absolute atomic E-state index is 0.0394. The summed E-state index contributed by atoms with van der Waals surface area (Å²) in [5.74, 6) is -0.416. The molecule has 0 aliphatic heterocycles. The van der Waals surface area contributed by atoms with E-state index in [1.807, 2.05) is 0 Å². The van der Waals surface area contributed by atoms with Crippen LogP contribution in [0.2, 0.25) is 10.0 Å². The van der Waals surface area contributed by atoms with Crippen molar-refractivity contribution in [2.75, 3.05) is 5.32 Å². The van der Waals surface area contributed by atoms with Crippen LogP contribution in [-0.2, 0) is 24.1 Å². The fourth-order valence-corrected chi connectivity index (χ4v) is 3.62. The van der Waals surface area contributed by atoms with Crippen LogP contribution in [0.3, 0.4) is 0 Å². The summed E-state index contributed by atoms with van der Waals surface area (Å²) in [6.45, 7) is 1.69. The van der Waals surface area contributed by atoms with Crippen molar-refractivity contribution in [1.82, 2.24) is 24.5 Å². The van der Waals surface area contributed by atoms with E-state index in [0.717, 1.165) is 4.68 Å². The molecular formula is C17H14BrCl2F3N6O. The van der Waals surface area contributed by atoms with Crippen molar-refractivity contribution in [3.05, 3.63) is 56.0 Å². The highest BCUT2D eigenvalue weighted by Crippen LogP contribution is 2.35. The van der Waals surface area contributed by atoms with E-state index >= 15 is 0 Å². The Kier molecular flexibility index (Phi) is 6.73. The number of rotatable bonds is 6.